The number of benzene rings is 4. The molecule has 0 N–H and O–H groups in total. The maximum absolute atomic E-state index is 14.8. The Balaban J connectivity index is 1.56. The first-order valence-corrected chi connectivity index (χ1v) is 11.5. The zero-order valence-corrected chi connectivity index (χ0v) is 20.5. The molecule has 0 saturated carbocycles. The minimum absolute atomic E-state index is 0.0873. The fraction of sp³-hybridized carbons (Fsp3) is 0.0667. The minimum atomic E-state index is -4.43. The zero-order valence-electron chi connectivity index (χ0n) is 20.5. The lowest BCUT2D eigenvalue weighted by atomic mass is 10.0. The van der Waals surface area contributed by atoms with E-state index in [1.165, 1.54) is 18.2 Å². The second kappa shape index (κ2) is 11.7. The number of ether oxygens (including phenoxy) is 2. The predicted octanol–water partition coefficient (Wildman–Crippen LogP) is 8.42. The van der Waals surface area contributed by atoms with Crippen molar-refractivity contribution in [2.24, 2.45) is 0 Å². The standard InChI is InChI=1S/C30H15F9O2/c1-2-9-40-18-5-7-20(23(31)13-18)17-4-8-22(26(34)12-17)30(38,39)41-19-14-24(32)21(25(33)15-19)6-3-16-10-27(35)29(37)28(36)11-16/h2,4-5,7-8,10-15H,1,9H2. The molecule has 2 nitrogen and oxygen atoms in total. The first kappa shape index (κ1) is 29.1. The summed E-state index contributed by atoms with van der Waals surface area (Å²) in [6, 6.07) is 7.58. The smallest absolute Gasteiger partial charge is 0.429 e. The molecule has 4 rings (SSSR count). The molecule has 4 aromatic rings. The molecule has 0 heterocycles. The normalized spacial score (nSPS) is 11.0. The Morgan fingerprint density at radius 2 is 1.32 bits per heavy atom. The largest absolute Gasteiger partial charge is 0.489 e. The van der Waals surface area contributed by atoms with E-state index in [1.54, 1.807) is 0 Å². The van der Waals surface area contributed by atoms with Crippen molar-refractivity contribution in [3.8, 4) is 34.5 Å². The molecule has 0 amide bonds. The van der Waals surface area contributed by atoms with Crippen molar-refractivity contribution in [3.05, 3.63) is 131 Å². The summed E-state index contributed by atoms with van der Waals surface area (Å²) in [6.45, 7) is 3.57. The average molecular weight is 578 g/mol. The highest BCUT2D eigenvalue weighted by Crippen LogP contribution is 2.36. The molecular weight excluding hydrogens is 563 g/mol. The topological polar surface area (TPSA) is 18.5 Å². The van der Waals surface area contributed by atoms with E-state index in [1.807, 2.05) is 11.8 Å². The number of halogens is 9. The number of rotatable bonds is 7. The summed E-state index contributed by atoms with van der Waals surface area (Å²) < 4.78 is 137. The molecule has 0 atom stereocenters. The summed E-state index contributed by atoms with van der Waals surface area (Å²) in [7, 11) is 0. The van der Waals surface area contributed by atoms with Gasteiger partial charge < -0.3 is 9.47 Å². The quantitative estimate of drug-likeness (QED) is 0.0949. The molecule has 0 aromatic heterocycles. The van der Waals surface area contributed by atoms with Crippen LogP contribution in [0, 0.1) is 52.6 Å². The molecule has 4 aromatic carbocycles. The van der Waals surface area contributed by atoms with Gasteiger partial charge in [-0.05, 0) is 42.0 Å². The van der Waals surface area contributed by atoms with Crippen LogP contribution in [0.5, 0.6) is 11.5 Å². The maximum Gasteiger partial charge on any atom is 0.429 e. The van der Waals surface area contributed by atoms with Crippen molar-refractivity contribution in [2.75, 3.05) is 6.61 Å². The van der Waals surface area contributed by atoms with Crippen LogP contribution in [0.4, 0.5) is 39.5 Å². The summed E-state index contributed by atoms with van der Waals surface area (Å²) in [4.78, 5) is 0. The molecule has 0 spiro atoms. The Hall–Kier alpha value is -4.85. The lowest BCUT2D eigenvalue weighted by molar-refractivity contribution is -0.187. The monoisotopic (exact) mass is 578 g/mol. The van der Waals surface area contributed by atoms with E-state index in [4.69, 9.17) is 4.74 Å². The molecule has 0 saturated heterocycles. The number of hydrogen-bond acceptors (Lipinski definition) is 2. The molecule has 11 heteroatoms. The molecule has 0 unspecified atom stereocenters. The van der Waals surface area contributed by atoms with E-state index in [0.29, 0.717) is 36.4 Å². The van der Waals surface area contributed by atoms with Crippen molar-refractivity contribution in [1.29, 1.82) is 0 Å². The van der Waals surface area contributed by atoms with Crippen LogP contribution in [0.15, 0.2) is 73.3 Å². The van der Waals surface area contributed by atoms with Gasteiger partial charge in [-0.1, -0.05) is 30.6 Å². The Kier molecular flexibility index (Phi) is 8.33. The minimum Gasteiger partial charge on any atom is -0.489 e. The van der Waals surface area contributed by atoms with Gasteiger partial charge in [-0.25, -0.2) is 30.7 Å². The van der Waals surface area contributed by atoms with Crippen molar-refractivity contribution in [1.82, 2.24) is 0 Å². The number of alkyl halides is 2. The van der Waals surface area contributed by atoms with Crippen LogP contribution in [0.2, 0.25) is 0 Å². The van der Waals surface area contributed by atoms with Crippen LogP contribution in [0.1, 0.15) is 16.7 Å². The van der Waals surface area contributed by atoms with E-state index in [2.05, 4.69) is 11.3 Å². The summed E-state index contributed by atoms with van der Waals surface area (Å²) in [6.07, 6.45) is -2.99. The summed E-state index contributed by atoms with van der Waals surface area (Å²) in [5, 5.41) is 0. The van der Waals surface area contributed by atoms with Gasteiger partial charge in [-0.2, -0.15) is 8.78 Å². The Labute approximate surface area is 227 Å². The van der Waals surface area contributed by atoms with Gasteiger partial charge in [0.1, 0.15) is 41.4 Å². The Morgan fingerprint density at radius 1 is 0.683 bits per heavy atom. The van der Waals surface area contributed by atoms with E-state index in [0.717, 1.165) is 12.1 Å². The molecule has 0 fully saturated rings. The van der Waals surface area contributed by atoms with Crippen molar-refractivity contribution in [2.45, 2.75) is 6.11 Å². The van der Waals surface area contributed by atoms with Gasteiger partial charge in [0, 0.05) is 29.3 Å². The third-order valence-corrected chi connectivity index (χ3v) is 5.48. The second-order valence-corrected chi connectivity index (χ2v) is 8.32. The van der Waals surface area contributed by atoms with Gasteiger partial charge >= 0.3 is 6.11 Å². The van der Waals surface area contributed by atoms with Gasteiger partial charge in [-0.15, -0.1) is 0 Å². The van der Waals surface area contributed by atoms with Gasteiger partial charge in [0.15, 0.2) is 17.5 Å². The summed E-state index contributed by atoms with van der Waals surface area (Å²) >= 11 is 0. The highest BCUT2D eigenvalue weighted by atomic mass is 19.3. The van der Waals surface area contributed by atoms with Crippen LogP contribution in [0.25, 0.3) is 11.1 Å². The van der Waals surface area contributed by atoms with Crippen molar-refractivity contribution < 1.29 is 49.0 Å². The summed E-state index contributed by atoms with van der Waals surface area (Å²) in [5.74, 6) is -7.13. The Morgan fingerprint density at radius 3 is 1.90 bits per heavy atom. The van der Waals surface area contributed by atoms with Gasteiger partial charge in [0.2, 0.25) is 0 Å². The molecular formula is C30H15F9O2. The second-order valence-electron chi connectivity index (χ2n) is 8.32. The lowest BCUT2D eigenvalue weighted by Crippen LogP contribution is -2.23. The highest BCUT2D eigenvalue weighted by molar-refractivity contribution is 5.65. The van der Waals surface area contributed by atoms with Crippen molar-refractivity contribution >= 4 is 0 Å². The van der Waals surface area contributed by atoms with Crippen LogP contribution in [-0.4, -0.2) is 6.61 Å². The first-order chi connectivity index (χ1) is 19.4. The first-order valence-electron chi connectivity index (χ1n) is 11.5. The zero-order chi connectivity index (χ0) is 29.9. The third kappa shape index (κ3) is 6.49. The molecule has 0 radical (unpaired) electrons. The molecule has 41 heavy (non-hydrogen) atoms. The van der Waals surface area contributed by atoms with Crippen LogP contribution in [0.3, 0.4) is 0 Å². The fourth-order valence-electron chi connectivity index (χ4n) is 3.59. The SMILES string of the molecule is C=CCOc1ccc(-c2ccc(C(F)(F)Oc3cc(F)c(C#Cc4cc(F)c(F)c(F)c4)c(F)c3)c(F)c2)c(F)c1. The molecule has 210 valence electrons. The predicted molar refractivity (Wildman–Crippen MR) is 131 cm³/mol. The van der Waals surface area contributed by atoms with E-state index in [9.17, 15) is 39.5 Å². The van der Waals surface area contributed by atoms with E-state index < -0.39 is 69.3 Å². The average Bonchev–Trinajstić information content (AvgIpc) is 2.89. The third-order valence-electron chi connectivity index (χ3n) is 5.48. The maximum atomic E-state index is 14.8. The molecule has 0 aliphatic carbocycles. The van der Waals surface area contributed by atoms with Crippen LogP contribution in [-0.2, 0) is 6.11 Å². The number of hydrogen-bond donors (Lipinski definition) is 0. The van der Waals surface area contributed by atoms with Crippen molar-refractivity contribution in [3.63, 3.8) is 0 Å². The van der Waals surface area contributed by atoms with E-state index >= 15 is 0 Å². The van der Waals surface area contributed by atoms with Crippen LogP contribution >= 0.6 is 0 Å². The lowest BCUT2D eigenvalue weighted by Gasteiger charge is -2.19. The summed E-state index contributed by atoms with van der Waals surface area (Å²) in [5.41, 5.74) is -2.93. The molecule has 0 bridgehead atoms. The van der Waals surface area contributed by atoms with Gasteiger partial charge in [-0.3, -0.25) is 0 Å². The van der Waals surface area contributed by atoms with Crippen LogP contribution < -0.4 is 9.47 Å². The van der Waals surface area contributed by atoms with Gasteiger partial charge in [0.05, 0.1) is 11.1 Å². The molecule has 0 aliphatic rings. The fourth-order valence-corrected chi connectivity index (χ4v) is 3.59. The molecule has 0 aliphatic heterocycles. The van der Waals surface area contributed by atoms with E-state index in [-0.39, 0.29) is 23.5 Å². The van der Waals surface area contributed by atoms with Gasteiger partial charge in [0.25, 0.3) is 0 Å². The highest BCUT2D eigenvalue weighted by Gasteiger charge is 2.38. The Bertz CT molecular complexity index is 1660.